The molecule has 0 saturated carbocycles. The fraction of sp³-hybridized carbons (Fsp3) is 0.250. The van der Waals surface area contributed by atoms with Gasteiger partial charge >= 0.3 is 0 Å². The van der Waals surface area contributed by atoms with Gasteiger partial charge in [-0.25, -0.2) is 0 Å². The van der Waals surface area contributed by atoms with Crippen molar-refractivity contribution in [3.8, 4) is 5.75 Å². The Balaban J connectivity index is 1.91. The summed E-state index contributed by atoms with van der Waals surface area (Å²) in [5.41, 5.74) is 1.03. The second kappa shape index (κ2) is 6.86. The van der Waals surface area contributed by atoms with Crippen LogP contribution in [-0.4, -0.2) is 17.1 Å². The van der Waals surface area contributed by atoms with E-state index in [1.165, 1.54) is 22.7 Å². The van der Waals surface area contributed by atoms with E-state index in [1.807, 2.05) is 42.8 Å². The second-order valence-corrected chi connectivity index (χ2v) is 7.70. The van der Waals surface area contributed by atoms with Crippen LogP contribution in [-0.2, 0) is 18.3 Å². The number of fused-ring (bicyclic) bond motifs is 1. The quantitative estimate of drug-likeness (QED) is 0.699. The molecule has 7 heteroatoms. The molecule has 0 aliphatic rings. The number of halogens is 1. The fourth-order valence-electron chi connectivity index (χ4n) is 2.22. The van der Waals surface area contributed by atoms with Gasteiger partial charge in [0.2, 0.25) is 0 Å². The van der Waals surface area contributed by atoms with Crippen molar-refractivity contribution in [1.29, 1.82) is 0 Å². The number of hydrogen-bond donors (Lipinski definition) is 0. The summed E-state index contributed by atoms with van der Waals surface area (Å²) in [7, 11) is 1.91. The van der Waals surface area contributed by atoms with Crippen LogP contribution >= 0.6 is 34.3 Å². The summed E-state index contributed by atoms with van der Waals surface area (Å²) in [5, 5.41) is 0. The molecule has 0 bridgehead atoms. The van der Waals surface area contributed by atoms with E-state index in [9.17, 15) is 4.79 Å². The lowest BCUT2D eigenvalue weighted by molar-refractivity contribution is -0.117. The summed E-state index contributed by atoms with van der Waals surface area (Å²) in [6, 6.07) is 9.55. The summed E-state index contributed by atoms with van der Waals surface area (Å²) in [6.07, 6.45) is 0.274. The molecule has 0 radical (unpaired) electrons. The summed E-state index contributed by atoms with van der Waals surface area (Å²) >= 11 is 8.77. The Morgan fingerprint density at radius 2 is 2.13 bits per heavy atom. The summed E-state index contributed by atoms with van der Waals surface area (Å²) in [4.78, 5) is 18.0. The third kappa shape index (κ3) is 3.65. The number of aryl methyl sites for hydroxylation is 1. The number of benzene rings is 1. The van der Waals surface area contributed by atoms with Crippen molar-refractivity contribution in [3.05, 3.63) is 44.3 Å². The standard InChI is InChI=1S/C16H15ClN2O2S2/c1-3-21-10-4-6-12-13(8-10)23-16(19(12)2)18-15(20)9-11-5-7-14(17)22-11/h4-8H,3,9H2,1-2H3. The van der Waals surface area contributed by atoms with Gasteiger partial charge in [0.25, 0.3) is 5.91 Å². The number of aromatic nitrogens is 1. The number of carbonyl (C=O) groups excluding carboxylic acids is 1. The Kier molecular flexibility index (Phi) is 4.84. The predicted molar refractivity (Wildman–Crippen MR) is 95.6 cm³/mol. The first kappa shape index (κ1) is 16.2. The number of amides is 1. The number of ether oxygens (including phenoxy) is 1. The Bertz CT molecular complexity index is 924. The lowest BCUT2D eigenvalue weighted by atomic mass is 10.3. The van der Waals surface area contributed by atoms with Crippen molar-refractivity contribution >= 4 is 50.4 Å². The van der Waals surface area contributed by atoms with Crippen molar-refractivity contribution in [2.24, 2.45) is 12.0 Å². The summed E-state index contributed by atoms with van der Waals surface area (Å²) in [5.74, 6) is 0.656. The van der Waals surface area contributed by atoms with E-state index in [-0.39, 0.29) is 12.3 Å². The number of thiazole rings is 1. The first-order valence-electron chi connectivity index (χ1n) is 7.11. The SMILES string of the molecule is CCOc1ccc2c(c1)sc(=NC(=O)Cc1ccc(Cl)s1)n2C. The third-order valence-electron chi connectivity index (χ3n) is 3.27. The molecule has 0 saturated heterocycles. The van der Waals surface area contributed by atoms with Crippen LogP contribution in [0.3, 0.4) is 0 Å². The molecular formula is C16H15ClN2O2S2. The van der Waals surface area contributed by atoms with E-state index in [1.54, 1.807) is 6.07 Å². The number of rotatable bonds is 4. The van der Waals surface area contributed by atoms with Gasteiger partial charge in [0.1, 0.15) is 5.75 Å². The lowest BCUT2D eigenvalue weighted by Gasteiger charge is -2.02. The van der Waals surface area contributed by atoms with Crippen LogP contribution in [0, 0.1) is 0 Å². The van der Waals surface area contributed by atoms with Crippen molar-refractivity contribution in [3.63, 3.8) is 0 Å². The molecule has 0 fully saturated rings. The first-order chi connectivity index (χ1) is 11.1. The molecule has 0 aliphatic heterocycles. The molecule has 2 aromatic heterocycles. The van der Waals surface area contributed by atoms with Crippen LogP contribution in [0.25, 0.3) is 10.2 Å². The fourth-order valence-corrected chi connectivity index (χ4v) is 4.36. The molecular weight excluding hydrogens is 352 g/mol. The molecule has 3 rings (SSSR count). The average molecular weight is 367 g/mol. The average Bonchev–Trinajstić information content (AvgIpc) is 3.04. The minimum absolute atomic E-state index is 0.171. The number of carbonyl (C=O) groups is 1. The van der Waals surface area contributed by atoms with Gasteiger partial charge in [-0.3, -0.25) is 4.79 Å². The maximum absolute atomic E-state index is 12.2. The number of thiophene rings is 1. The Morgan fingerprint density at radius 3 is 2.83 bits per heavy atom. The van der Waals surface area contributed by atoms with Crippen molar-refractivity contribution in [2.45, 2.75) is 13.3 Å². The van der Waals surface area contributed by atoms with Gasteiger partial charge in [-0.1, -0.05) is 22.9 Å². The molecule has 0 aliphatic carbocycles. The molecule has 2 heterocycles. The van der Waals surface area contributed by atoms with Crippen LogP contribution in [0.2, 0.25) is 4.34 Å². The molecule has 120 valence electrons. The number of hydrogen-bond acceptors (Lipinski definition) is 4. The zero-order valence-electron chi connectivity index (χ0n) is 12.7. The van der Waals surface area contributed by atoms with E-state index in [4.69, 9.17) is 16.3 Å². The highest BCUT2D eigenvalue weighted by Crippen LogP contribution is 2.23. The van der Waals surface area contributed by atoms with Crippen molar-refractivity contribution in [2.75, 3.05) is 6.61 Å². The summed E-state index contributed by atoms with van der Waals surface area (Å²) in [6.45, 7) is 2.58. The molecule has 1 amide bonds. The maximum Gasteiger partial charge on any atom is 0.253 e. The van der Waals surface area contributed by atoms with Gasteiger partial charge in [-0.15, -0.1) is 11.3 Å². The van der Waals surface area contributed by atoms with Gasteiger partial charge in [0.05, 0.1) is 27.6 Å². The minimum Gasteiger partial charge on any atom is -0.494 e. The molecule has 1 aromatic carbocycles. The Morgan fingerprint density at radius 1 is 1.30 bits per heavy atom. The minimum atomic E-state index is -0.171. The zero-order chi connectivity index (χ0) is 16.4. The van der Waals surface area contributed by atoms with E-state index in [0.29, 0.717) is 15.7 Å². The van der Waals surface area contributed by atoms with Crippen molar-refractivity contribution in [1.82, 2.24) is 4.57 Å². The van der Waals surface area contributed by atoms with Gasteiger partial charge in [0, 0.05) is 11.9 Å². The normalized spacial score (nSPS) is 12.0. The highest BCUT2D eigenvalue weighted by Gasteiger charge is 2.08. The smallest absolute Gasteiger partial charge is 0.253 e. The predicted octanol–water partition coefficient (Wildman–Crippen LogP) is 4.02. The van der Waals surface area contributed by atoms with E-state index in [0.717, 1.165) is 20.8 Å². The lowest BCUT2D eigenvalue weighted by Crippen LogP contribution is -2.13. The molecule has 3 aromatic rings. The largest absolute Gasteiger partial charge is 0.494 e. The monoisotopic (exact) mass is 366 g/mol. The van der Waals surface area contributed by atoms with Gasteiger partial charge in [-0.2, -0.15) is 4.99 Å². The first-order valence-corrected chi connectivity index (χ1v) is 9.12. The van der Waals surface area contributed by atoms with E-state index < -0.39 is 0 Å². The van der Waals surface area contributed by atoms with Crippen LogP contribution < -0.4 is 9.54 Å². The molecule has 0 spiro atoms. The van der Waals surface area contributed by atoms with Gasteiger partial charge in [0.15, 0.2) is 4.80 Å². The maximum atomic E-state index is 12.2. The summed E-state index contributed by atoms with van der Waals surface area (Å²) < 4.78 is 9.17. The van der Waals surface area contributed by atoms with Crippen LogP contribution in [0.4, 0.5) is 0 Å². The number of nitrogens with zero attached hydrogens (tertiary/aromatic N) is 2. The topological polar surface area (TPSA) is 43.6 Å². The van der Waals surface area contributed by atoms with Crippen molar-refractivity contribution < 1.29 is 9.53 Å². The Hall–Kier alpha value is -1.63. The van der Waals surface area contributed by atoms with Crippen LogP contribution in [0.5, 0.6) is 5.75 Å². The molecule has 23 heavy (non-hydrogen) atoms. The highest BCUT2D eigenvalue weighted by molar-refractivity contribution is 7.16. The molecule has 0 unspecified atom stereocenters. The molecule has 0 atom stereocenters. The molecule has 0 N–H and O–H groups in total. The Labute approximate surface area is 146 Å². The third-order valence-corrected chi connectivity index (χ3v) is 5.59. The van der Waals surface area contributed by atoms with E-state index in [2.05, 4.69) is 4.99 Å². The van der Waals surface area contributed by atoms with Gasteiger partial charge in [-0.05, 0) is 37.3 Å². The molecule has 4 nitrogen and oxygen atoms in total. The van der Waals surface area contributed by atoms with Gasteiger partial charge < -0.3 is 9.30 Å². The van der Waals surface area contributed by atoms with Crippen LogP contribution in [0.15, 0.2) is 35.3 Å². The second-order valence-electron chi connectivity index (χ2n) is 4.89. The highest BCUT2D eigenvalue weighted by atomic mass is 35.5. The zero-order valence-corrected chi connectivity index (χ0v) is 15.1. The van der Waals surface area contributed by atoms with Crippen LogP contribution in [0.1, 0.15) is 11.8 Å². The van der Waals surface area contributed by atoms with E-state index >= 15 is 0 Å².